The van der Waals surface area contributed by atoms with Crippen LogP contribution in [0, 0.1) is 0 Å². The van der Waals surface area contributed by atoms with Crippen LogP contribution in [0.25, 0.3) is 0 Å². The van der Waals surface area contributed by atoms with Crippen LogP contribution in [0.5, 0.6) is 0 Å². The molecule has 1 aliphatic rings. The number of methoxy groups -OCH3 is 1. The summed E-state index contributed by atoms with van der Waals surface area (Å²) in [5.41, 5.74) is 0. The van der Waals surface area contributed by atoms with Gasteiger partial charge in [-0.05, 0) is 12.8 Å². The Hall–Kier alpha value is -0.120. The molecule has 0 N–H and O–H groups in total. The van der Waals surface area contributed by atoms with Gasteiger partial charge in [0, 0.05) is 7.11 Å². The van der Waals surface area contributed by atoms with Crippen molar-refractivity contribution >= 4 is 0 Å². The molecule has 54 valence electrons. The van der Waals surface area contributed by atoms with Gasteiger partial charge in [-0.2, -0.15) is 0 Å². The van der Waals surface area contributed by atoms with Gasteiger partial charge in [-0.25, -0.2) is 9.78 Å². The summed E-state index contributed by atoms with van der Waals surface area (Å²) in [5.74, 6) is 0. The molecule has 1 heterocycles. The summed E-state index contributed by atoms with van der Waals surface area (Å²) >= 11 is 0. The van der Waals surface area contributed by atoms with Crippen molar-refractivity contribution in [3.8, 4) is 0 Å². The molecule has 3 nitrogen and oxygen atoms in total. The van der Waals surface area contributed by atoms with Gasteiger partial charge in [0.2, 0.25) is 0 Å². The zero-order chi connectivity index (χ0) is 6.53. The lowest BCUT2D eigenvalue weighted by molar-refractivity contribution is -0.349. The predicted molar refractivity (Wildman–Crippen MR) is 31.9 cm³/mol. The normalized spacial score (nSPS) is 28.3. The quantitative estimate of drug-likeness (QED) is 0.519. The van der Waals surface area contributed by atoms with Crippen molar-refractivity contribution < 1.29 is 14.5 Å². The standard InChI is InChI=1S/C6H12O3/c1-7-5-6-3-2-4-8-9-6/h6H,2-5H2,1H3. The van der Waals surface area contributed by atoms with Crippen LogP contribution in [-0.2, 0) is 14.5 Å². The minimum atomic E-state index is 0.156. The molecule has 0 bridgehead atoms. The van der Waals surface area contributed by atoms with Crippen LogP contribution in [0.4, 0.5) is 0 Å². The summed E-state index contributed by atoms with van der Waals surface area (Å²) in [4.78, 5) is 9.65. The largest absolute Gasteiger partial charge is 0.382 e. The van der Waals surface area contributed by atoms with Gasteiger partial charge in [0.15, 0.2) is 0 Å². The first-order valence-corrected chi connectivity index (χ1v) is 3.20. The van der Waals surface area contributed by atoms with Crippen molar-refractivity contribution in [2.45, 2.75) is 18.9 Å². The number of ether oxygens (including phenoxy) is 1. The Kier molecular flexibility index (Phi) is 2.97. The van der Waals surface area contributed by atoms with E-state index in [1.54, 1.807) is 7.11 Å². The fourth-order valence-electron chi connectivity index (χ4n) is 0.859. The predicted octanol–water partition coefficient (Wildman–Crippen LogP) is 0.743. The molecule has 1 atom stereocenters. The van der Waals surface area contributed by atoms with Crippen LogP contribution in [0.1, 0.15) is 12.8 Å². The maximum atomic E-state index is 4.89. The number of hydrogen-bond donors (Lipinski definition) is 0. The van der Waals surface area contributed by atoms with Gasteiger partial charge in [-0.15, -0.1) is 0 Å². The summed E-state index contributed by atoms with van der Waals surface area (Å²) < 4.78 is 4.88. The van der Waals surface area contributed by atoms with Crippen molar-refractivity contribution in [1.82, 2.24) is 0 Å². The van der Waals surface area contributed by atoms with Crippen LogP contribution in [0.3, 0.4) is 0 Å². The molecule has 0 radical (unpaired) electrons. The first kappa shape index (κ1) is 6.99. The Balaban J connectivity index is 2.08. The van der Waals surface area contributed by atoms with E-state index in [4.69, 9.17) is 14.5 Å². The zero-order valence-corrected chi connectivity index (χ0v) is 5.63. The third-order valence-electron chi connectivity index (χ3n) is 1.31. The molecule has 0 aromatic carbocycles. The molecule has 1 aliphatic heterocycles. The van der Waals surface area contributed by atoms with E-state index in [-0.39, 0.29) is 6.10 Å². The molecule has 3 heteroatoms. The fraction of sp³-hybridized carbons (Fsp3) is 1.00. The minimum absolute atomic E-state index is 0.156. The van der Waals surface area contributed by atoms with Gasteiger partial charge >= 0.3 is 0 Å². The molecular formula is C6H12O3. The SMILES string of the molecule is COCC1CCCOO1. The summed E-state index contributed by atoms with van der Waals surface area (Å²) in [6.45, 7) is 1.36. The lowest BCUT2D eigenvalue weighted by Crippen LogP contribution is -2.24. The van der Waals surface area contributed by atoms with Crippen molar-refractivity contribution in [3.63, 3.8) is 0 Å². The van der Waals surface area contributed by atoms with E-state index >= 15 is 0 Å². The van der Waals surface area contributed by atoms with E-state index in [1.165, 1.54) is 0 Å². The number of hydrogen-bond acceptors (Lipinski definition) is 3. The van der Waals surface area contributed by atoms with E-state index in [0.717, 1.165) is 19.4 Å². The lowest BCUT2D eigenvalue weighted by Gasteiger charge is -2.19. The van der Waals surface area contributed by atoms with E-state index in [2.05, 4.69) is 0 Å². The van der Waals surface area contributed by atoms with Gasteiger partial charge in [0.05, 0.1) is 13.2 Å². The van der Waals surface area contributed by atoms with Crippen molar-refractivity contribution in [2.75, 3.05) is 20.3 Å². The number of rotatable bonds is 2. The summed E-state index contributed by atoms with van der Waals surface area (Å²) in [5, 5.41) is 0. The Morgan fingerprint density at radius 1 is 1.67 bits per heavy atom. The van der Waals surface area contributed by atoms with Crippen molar-refractivity contribution in [3.05, 3.63) is 0 Å². The lowest BCUT2D eigenvalue weighted by atomic mass is 10.2. The Bertz CT molecular complexity index is 65.9. The highest BCUT2D eigenvalue weighted by Crippen LogP contribution is 2.09. The second-order valence-corrected chi connectivity index (χ2v) is 2.14. The third kappa shape index (κ3) is 2.30. The fourth-order valence-corrected chi connectivity index (χ4v) is 0.859. The van der Waals surface area contributed by atoms with Gasteiger partial charge < -0.3 is 4.74 Å². The molecule has 1 unspecified atom stereocenters. The van der Waals surface area contributed by atoms with Gasteiger partial charge in [-0.3, -0.25) is 0 Å². The van der Waals surface area contributed by atoms with Crippen molar-refractivity contribution in [2.24, 2.45) is 0 Å². The molecule has 1 fully saturated rings. The highest BCUT2D eigenvalue weighted by atomic mass is 17.2. The topological polar surface area (TPSA) is 27.7 Å². The van der Waals surface area contributed by atoms with E-state index in [9.17, 15) is 0 Å². The van der Waals surface area contributed by atoms with E-state index in [0.29, 0.717) is 6.61 Å². The molecule has 0 amide bonds. The van der Waals surface area contributed by atoms with E-state index in [1.807, 2.05) is 0 Å². The summed E-state index contributed by atoms with van der Waals surface area (Å²) in [6.07, 6.45) is 2.28. The highest BCUT2D eigenvalue weighted by Gasteiger charge is 2.13. The first-order chi connectivity index (χ1) is 4.43. The molecule has 1 saturated heterocycles. The molecule has 0 aromatic heterocycles. The second kappa shape index (κ2) is 3.82. The summed E-state index contributed by atoms with van der Waals surface area (Å²) in [6, 6.07) is 0. The molecule has 0 saturated carbocycles. The van der Waals surface area contributed by atoms with Crippen molar-refractivity contribution in [1.29, 1.82) is 0 Å². The molecular weight excluding hydrogens is 120 g/mol. The van der Waals surface area contributed by atoms with Crippen LogP contribution in [0.15, 0.2) is 0 Å². The molecule has 0 spiro atoms. The monoisotopic (exact) mass is 132 g/mol. The maximum Gasteiger partial charge on any atom is 0.116 e. The Labute approximate surface area is 54.8 Å². The molecule has 9 heavy (non-hydrogen) atoms. The molecule has 0 aliphatic carbocycles. The zero-order valence-electron chi connectivity index (χ0n) is 5.63. The first-order valence-electron chi connectivity index (χ1n) is 3.20. The van der Waals surface area contributed by atoms with E-state index < -0.39 is 0 Å². The molecule has 1 rings (SSSR count). The van der Waals surface area contributed by atoms with Gasteiger partial charge in [0.1, 0.15) is 6.10 Å². The average molecular weight is 132 g/mol. The smallest absolute Gasteiger partial charge is 0.116 e. The van der Waals surface area contributed by atoms with Crippen LogP contribution in [0.2, 0.25) is 0 Å². The van der Waals surface area contributed by atoms with Crippen LogP contribution < -0.4 is 0 Å². The van der Waals surface area contributed by atoms with Gasteiger partial charge in [0.25, 0.3) is 0 Å². The van der Waals surface area contributed by atoms with Gasteiger partial charge in [-0.1, -0.05) is 0 Å². The molecule has 0 aromatic rings. The van der Waals surface area contributed by atoms with Crippen LogP contribution in [-0.4, -0.2) is 26.4 Å². The average Bonchev–Trinajstić information content (AvgIpc) is 1.91. The second-order valence-electron chi connectivity index (χ2n) is 2.14. The summed E-state index contributed by atoms with van der Waals surface area (Å²) in [7, 11) is 1.66. The van der Waals surface area contributed by atoms with Crippen LogP contribution >= 0.6 is 0 Å². The minimum Gasteiger partial charge on any atom is -0.382 e. The Morgan fingerprint density at radius 3 is 3.11 bits per heavy atom. The third-order valence-corrected chi connectivity index (χ3v) is 1.31. The highest BCUT2D eigenvalue weighted by molar-refractivity contribution is 4.56. The Morgan fingerprint density at radius 2 is 2.56 bits per heavy atom. The maximum absolute atomic E-state index is 4.89.